The van der Waals surface area contributed by atoms with Crippen molar-refractivity contribution >= 4 is 65.0 Å². The van der Waals surface area contributed by atoms with Crippen LogP contribution >= 0.6 is 0 Å². The number of hydrogen-bond acceptors (Lipinski definition) is 12. The molecule has 1 saturated heterocycles. The largest absolute Gasteiger partial charge is 0.390 e. The monoisotopic (exact) mass is 1240 g/mol. The normalized spacial score (nSPS) is 26.5. The van der Waals surface area contributed by atoms with Crippen LogP contribution in [-0.4, -0.2) is 227 Å². The van der Waals surface area contributed by atoms with E-state index in [0.717, 1.165) is 9.80 Å². The molecule has 0 radical (unpaired) electrons. The van der Waals surface area contributed by atoms with Gasteiger partial charge in [-0.25, -0.2) is 0 Å². The van der Waals surface area contributed by atoms with Gasteiger partial charge in [0.05, 0.1) is 12.6 Å². The minimum absolute atomic E-state index is 0.0217. The van der Waals surface area contributed by atoms with Crippen molar-refractivity contribution in [3.63, 3.8) is 0 Å². The van der Waals surface area contributed by atoms with Crippen LogP contribution < -0.4 is 21.3 Å². The molecule has 504 valence electrons. The molecule has 0 bridgehead atoms. The van der Waals surface area contributed by atoms with Crippen molar-refractivity contribution in [1.82, 2.24) is 55.6 Å². The van der Waals surface area contributed by atoms with E-state index in [4.69, 9.17) is 0 Å². The average Bonchev–Trinajstić information content (AvgIpc) is 1.34. The summed E-state index contributed by atoms with van der Waals surface area (Å²) in [6.07, 6.45) is 3.18. The molecule has 88 heavy (non-hydrogen) atoms. The van der Waals surface area contributed by atoms with Gasteiger partial charge in [-0.05, 0) is 106 Å². The zero-order valence-corrected chi connectivity index (χ0v) is 58.3. The van der Waals surface area contributed by atoms with Crippen LogP contribution in [0, 0.1) is 47.3 Å². The van der Waals surface area contributed by atoms with Crippen molar-refractivity contribution in [3.05, 3.63) is 12.2 Å². The Labute approximate surface area is 527 Å². The van der Waals surface area contributed by atoms with Crippen molar-refractivity contribution in [3.8, 4) is 0 Å². The highest BCUT2D eigenvalue weighted by Crippen LogP contribution is 2.26. The predicted octanol–water partition coefficient (Wildman–Crippen LogP) is 4.30. The van der Waals surface area contributed by atoms with Crippen molar-refractivity contribution in [2.24, 2.45) is 47.3 Å². The maximum Gasteiger partial charge on any atom is 0.246 e. The molecule has 12 atom stereocenters. The van der Waals surface area contributed by atoms with Crippen LogP contribution in [0.4, 0.5) is 0 Å². The number of aliphatic hydroxyl groups is 1. The summed E-state index contributed by atoms with van der Waals surface area (Å²) in [4.78, 5) is 170. The molecule has 0 spiro atoms. The van der Waals surface area contributed by atoms with Gasteiger partial charge in [0.1, 0.15) is 60.4 Å². The number of hydrogen-bond donors (Lipinski definition) is 5. The Bertz CT molecular complexity index is 2390. The van der Waals surface area contributed by atoms with E-state index in [9.17, 15) is 43.5 Å². The zero-order valence-electron chi connectivity index (χ0n) is 58.3. The fourth-order valence-corrected chi connectivity index (χ4v) is 11.5. The van der Waals surface area contributed by atoms with Crippen LogP contribution in [0.15, 0.2) is 12.2 Å². The number of nitrogens with one attached hydrogen (secondary N) is 4. The van der Waals surface area contributed by atoms with Crippen molar-refractivity contribution < 1.29 is 57.8 Å². The molecule has 0 unspecified atom stereocenters. The first-order valence-corrected chi connectivity index (χ1v) is 32.0. The van der Waals surface area contributed by atoms with Gasteiger partial charge in [0, 0.05) is 49.3 Å². The highest BCUT2D eigenvalue weighted by Gasteiger charge is 2.46. The van der Waals surface area contributed by atoms with E-state index in [1.165, 1.54) is 80.8 Å². The Hall–Kier alpha value is -6.13. The van der Waals surface area contributed by atoms with Crippen LogP contribution in [-0.2, 0) is 52.7 Å². The first kappa shape index (κ1) is 79.9. The van der Waals surface area contributed by atoms with Gasteiger partial charge in [0.25, 0.3) is 0 Å². The highest BCUT2D eigenvalue weighted by molar-refractivity contribution is 5.99. The second-order valence-corrected chi connectivity index (χ2v) is 27.6. The molecule has 11 amide bonds. The topological polar surface area (TPSA) is 279 Å². The Morgan fingerprint density at radius 3 is 1.28 bits per heavy atom. The number of aliphatic hydroxyl groups excluding tert-OH is 1. The Balaban J connectivity index is 4.41. The van der Waals surface area contributed by atoms with Gasteiger partial charge in [-0.3, -0.25) is 52.7 Å². The molecule has 1 rings (SSSR count). The number of allylic oxidation sites excluding steroid dienone is 2. The van der Waals surface area contributed by atoms with E-state index < -0.39 is 156 Å². The standard InChI is InChI=1S/C65H117N11O12/c1-26-28-29-43(17)55(78)54-59(82)67-45(27-2)61(84)70(19)35-51(77)74(23)52(41(13)14)58(81)69-47(31-37(5)6)62(85)71(20)48(32-38(7)8)57(80)68-46(30-36(3)4)56(79)66-44(18)60(83)72(21)49(33-39(9)10)63(86)73(22)50(34-40(11)12)64(87)75(24)53(42(15)16)65(88)76(54)25/h26,28,36-50,52-55,78H,27,29-35H2,1-25H3,(H,66,79)(H,67,82)(H,68,80)(H,69,81)/b28-26+/t43-,44-,45+,46+,47+,48+,49+,50-,52-,53+,54+,55-/m1/s1. The molecule has 1 aliphatic rings. The van der Waals surface area contributed by atoms with Crippen molar-refractivity contribution in [2.45, 2.75) is 236 Å². The van der Waals surface area contributed by atoms with E-state index in [-0.39, 0.29) is 68.1 Å². The minimum atomic E-state index is -1.61. The molecule has 1 fully saturated rings. The molecule has 0 aliphatic carbocycles. The first-order valence-electron chi connectivity index (χ1n) is 32.0. The zero-order chi connectivity index (χ0) is 68.3. The molecule has 0 aromatic carbocycles. The molecule has 0 saturated carbocycles. The number of likely N-dealkylation sites (N-methyl/N-ethyl adjacent to an activating group) is 7. The Morgan fingerprint density at radius 1 is 0.432 bits per heavy atom. The molecule has 0 aromatic rings. The third-order valence-electron chi connectivity index (χ3n) is 16.6. The Kier molecular flexibility index (Phi) is 33.1. The summed E-state index contributed by atoms with van der Waals surface area (Å²) in [5.41, 5.74) is 0. The lowest BCUT2D eigenvalue weighted by atomic mass is 9.91. The van der Waals surface area contributed by atoms with Crippen LogP contribution in [0.5, 0.6) is 0 Å². The number of carbonyl (C=O) groups is 11. The molecule has 1 heterocycles. The maximum absolute atomic E-state index is 15.2. The molecule has 23 nitrogen and oxygen atoms in total. The van der Waals surface area contributed by atoms with Gasteiger partial charge in [-0.2, -0.15) is 0 Å². The summed E-state index contributed by atoms with van der Waals surface area (Å²) in [5, 5.41) is 23.4. The van der Waals surface area contributed by atoms with Crippen LogP contribution in [0.3, 0.4) is 0 Å². The summed E-state index contributed by atoms with van der Waals surface area (Å²) < 4.78 is 0. The van der Waals surface area contributed by atoms with E-state index in [1.54, 1.807) is 54.5 Å². The summed E-state index contributed by atoms with van der Waals surface area (Å²) in [5.74, 6) is -9.76. The number of rotatable bonds is 17. The highest BCUT2D eigenvalue weighted by atomic mass is 16.3. The van der Waals surface area contributed by atoms with Crippen LogP contribution in [0.25, 0.3) is 0 Å². The van der Waals surface area contributed by atoms with Gasteiger partial charge in [-0.15, -0.1) is 0 Å². The van der Waals surface area contributed by atoms with Crippen LogP contribution in [0.2, 0.25) is 0 Å². The predicted molar refractivity (Wildman–Crippen MR) is 342 cm³/mol. The average molecular weight is 1240 g/mol. The van der Waals surface area contributed by atoms with E-state index in [2.05, 4.69) is 21.3 Å². The second kappa shape index (κ2) is 36.5. The SMILES string of the molecule is C/C=C/C[C@@H](C)[C@@H](O)[C@H]1C(=O)N[C@@H](CC)C(=O)N(C)CC(=O)N(C)[C@H](C(C)C)C(=O)N[C@@H](CC(C)C)C(=O)N(C)[C@@H](CC(C)C)C(=O)N[C@@H](CC(C)C)C(=O)N[C@H](C)C(=O)N(C)[C@@H](CC(C)C)C(=O)N(C)[C@H](CC(C)C)C(=O)N(C)[C@@H](C(C)C)C(=O)N1C. The van der Waals surface area contributed by atoms with Crippen molar-refractivity contribution in [1.29, 1.82) is 0 Å². The molecular weight excluding hydrogens is 1130 g/mol. The minimum Gasteiger partial charge on any atom is -0.390 e. The van der Waals surface area contributed by atoms with Gasteiger partial charge < -0.3 is 60.7 Å². The van der Waals surface area contributed by atoms with E-state index >= 15 is 14.4 Å². The lowest BCUT2D eigenvalue weighted by Gasteiger charge is -2.41. The third-order valence-corrected chi connectivity index (χ3v) is 16.6. The molecule has 23 heteroatoms. The third kappa shape index (κ3) is 22.7. The number of amides is 11. The van der Waals surface area contributed by atoms with Gasteiger partial charge in [-0.1, -0.05) is 123 Å². The van der Waals surface area contributed by atoms with Crippen LogP contribution in [0.1, 0.15) is 170 Å². The van der Waals surface area contributed by atoms with E-state index in [0.29, 0.717) is 6.42 Å². The Morgan fingerprint density at radius 2 is 0.830 bits per heavy atom. The fraction of sp³-hybridized carbons (Fsp3) is 0.800. The summed E-state index contributed by atoms with van der Waals surface area (Å²) in [6.45, 7) is 31.8. The lowest BCUT2D eigenvalue weighted by molar-refractivity contribution is -0.157. The summed E-state index contributed by atoms with van der Waals surface area (Å²) in [7, 11) is 9.97. The second-order valence-electron chi connectivity index (χ2n) is 27.6. The molecular formula is C65H117N11O12. The fourth-order valence-electron chi connectivity index (χ4n) is 11.5. The van der Waals surface area contributed by atoms with E-state index in [1.807, 2.05) is 75.3 Å². The molecule has 5 N–H and O–H groups in total. The molecule has 0 aromatic heterocycles. The maximum atomic E-state index is 15.2. The van der Waals surface area contributed by atoms with Gasteiger partial charge >= 0.3 is 0 Å². The number of carbonyl (C=O) groups excluding carboxylic acids is 11. The quantitative estimate of drug-likeness (QED) is 0.128. The summed E-state index contributed by atoms with van der Waals surface area (Å²) >= 11 is 0. The molecule has 1 aliphatic heterocycles. The van der Waals surface area contributed by atoms with Gasteiger partial charge in [0.15, 0.2) is 0 Å². The number of nitrogens with zero attached hydrogens (tertiary/aromatic N) is 7. The van der Waals surface area contributed by atoms with Crippen molar-refractivity contribution in [2.75, 3.05) is 55.9 Å². The first-order chi connectivity index (χ1) is 40.6. The smallest absolute Gasteiger partial charge is 0.246 e. The lowest BCUT2D eigenvalue weighted by Crippen LogP contribution is -2.63. The summed E-state index contributed by atoms with van der Waals surface area (Å²) in [6, 6.07) is -12.3. The van der Waals surface area contributed by atoms with Gasteiger partial charge in [0.2, 0.25) is 65.0 Å².